The van der Waals surface area contributed by atoms with Crippen molar-refractivity contribution >= 4 is 5.91 Å². The molecule has 0 saturated carbocycles. The summed E-state index contributed by atoms with van der Waals surface area (Å²) in [5.41, 5.74) is 5.00. The summed E-state index contributed by atoms with van der Waals surface area (Å²) in [5, 5.41) is 6.55. The summed E-state index contributed by atoms with van der Waals surface area (Å²) in [5.74, 6) is 0.334. The molecule has 82 valence electrons. The van der Waals surface area contributed by atoms with Crippen LogP contribution in [0.1, 0.15) is 26.7 Å². The van der Waals surface area contributed by atoms with Crippen LogP contribution in [-0.2, 0) is 4.79 Å². The smallest absolute Gasteiger partial charge is 0.237 e. The van der Waals surface area contributed by atoms with Crippen LogP contribution in [0.2, 0.25) is 0 Å². The zero-order valence-electron chi connectivity index (χ0n) is 9.10. The Labute approximate surface area is 85.6 Å². The van der Waals surface area contributed by atoms with Gasteiger partial charge < -0.3 is 16.4 Å². The van der Waals surface area contributed by atoms with Gasteiger partial charge in [0.1, 0.15) is 5.54 Å². The van der Waals surface area contributed by atoms with Gasteiger partial charge in [0.25, 0.3) is 0 Å². The Morgan fingerprint density at radius 3 is 2.50 bits per heavy atom. The van der Waals surface area contributed by atoms with E-state index in [4.69, 9.17) is 5.73 Å². The van der Waals surface area contributed by atoms with Crippen molar-refractivity contribution in [2.45, 2.75) is 32.2 Å². The van der Waals surface area contributed by atoms with Gasteiger partial charge in [0.05, 0.1) is 0 Å². The molecule has 1 rings (SSSR count). The Balaban J connectivity index is 2.56. The molecule has 4 nitrogen and oxygen atoms in total. The van der Waals surface area contributed by atoms with E-state index in [1.54, 1.807) is 0 Å². The molecule has 0 aliphatic carbocycles. The lowest BCUT2D eigenvalue weighted by Gasteiger charge is -2.36. The van der Waals surface area contributed by atoms with E-state index in [1.807, 2.05) is 0 Å². The molecule has 0 aromatic heterocycles. The lowest BCUT2D eigenvalue weighted by atomic mass is 9.87. The van der Waals surface area contributed by atoms with Gasteiger partial charge in [-0.1, -0.05) is 13.8 Å². The Morgan fingerprint density at radius 2 is 2.07 bits per heavy atom. The molecule has 0 aromatic rings. The number of amides is 1. The summed E-state index contributed by atoms with van der Waals surface area (Å²) in [6.45, 7) is 6.84. The summed E-state index contributed by atoms with van der Waals surface area (Å²) in [6.07, 6.45) is 1.60. The van der Waals surface area contributed by atoms with Gasteiger partial charge in [0, 0.05) is 0 Å². The molecule has 0 atom stereocenters. The van der Waals surface area contributed by atoms with Crippen molar-refractivity contribution in [1.82, 2.24) is 10.6 Å². The van der Waals surface area contributed by atoms with Gasteiger partial charge in [-0.3, -0.25) is 4.79 Å². The topological polar surface area (TPSA) is 67.1 Å². The van der Waals surface area contributed by atoms with Crippen molar-refractivity contribution in [3.05, 3.63) is 0 Å². The zero-order valence-corrected chi connectivity index (χ0v) is 9.10. The third-order valence-electron chi connectivity index (χ3n) is 2.78. The van der Waals surface area contributed by atoms with Gasteiger partial charge in [-0.05, 0) is 38.4 Å². The van der Waals surface area contributed by atoms with Crippen LogP contribution in [0, 0.1) is 5.92 Å². The first-order valence-corrected chi connectivity index (χ1v) is 5.32. The Kier molecular flexibility index (Phi) is 3.89. The number of rotatable bonds is 4. The van der Waals surface area contributed by atoms with E-state index in [0.717, 1.165) is 32.5 Å². The second-order valence-corrected chi connectivity index (χ2v) is 4.47. The number of primary amides is 1. The molecule has 1 saturated heterocycles. The van der Waals surface area contributed by atoms with E-state index in [2.05, 4.69) is 24.5 Å². The Bertz CT molecular complexity index is 198. The molecule has 0 bridgehead atoms. The molecule has 0 aromatic carbocycles. The highest BCUT2D eigenvalue weighted by Gasteiger charge is 2.37. The van der Waals surface area contributed by atoms with Crippen LogP contribution in [0.25, 0.3) is 0 Å². The van der Waals surface area contributed by atoms with Crippen molar-refractivity contribution < 1.29 is 4.79 Å². The second kappa shape index (κ2) is 4.75. The minimum atomic E-state index is -0.463. The quantitative estimate of drug-likeness (QED) is 0.589. The number of nitrogens with two attached hydrogens (primary N) is 1. The summed E-state index contributed by atoms with van der Waals surface area (Å²) in [4.78, 5) is 11.4. The first kappa shape index (κ1) is 11.5. The highest BCUT2D eigenvalue weighted by Crippen LogP contribution is 2.17. The maximum atomic E-state index is 11.4. The third-order valence-corrected chi connectivity index (χ3v) is 2.78. The van der Waals surface area contributed by atoms with E-state index < -0.39 is 5.54 Å². The standard InChI is InChI=1S/C10H21N3O/c1-8(2)7-13-10(9(11)14)3-5-12-6-4-10/h8,12-13H,3-7H2,1-2H3,(H2,11,14). The van der Waals surface area contributed by atoms with Crippen LogP contribution in [0.3, 0.4) is 0 Å². The van der Waals surface area contributed by atoms with Crippen LogP contribution >= 0.6 is 0 Å². The predicted octanol–water partition coefficient (Wildman–Crippen LogP) is -0.160. The van der Waals surface area contributed by atoms with Gasteiger partial charge in [-0.15, -0.1) is 0 Å². The molecule has 1 aliphatic heterocycles. The van der Waals surface area contributed by atoms with Crippen molar-refractivity contribution in [2.24, 2.45) is 11.7 Å². The molecule has 1 heterocycles. The summed E-state index contributed by atoms with van der Waals surface area (Å²) in [7, 11) is 0. The number of carbonyl (C=O) groups excluding carboxylic acids is 1. The number of hydrogen-bond donors (Lipinski definition) is 3. The highest BCUT2D eigenvalue weighted by atomic mass is 16.1. The highest BCUT2D eigenvalue weighted by molar-refractivity contribution is 5.84. The minimum absolute atomic E-state index is 0.209. The average Bonchev–Trinajstić information content (AvgIpc) is 2.16. The monoisotopic (exact) mass is 199 g/mol. The van der Waals surface area contributed by atoms with Crippen LogP contribution in [0.15, 0.2) is 0 Å². The predicted molar refractivity (Wildman–Crippen MR) is 56.9 cm³/mol. The molecular weight excluding hydrogens is 178 g/mol. The van der Waals surface area contributed by atoms with Crippen LogP contribution in [0.4, 0.5) is 0 Å². The maximum Gasteiger partial charge on any atom is 0.237 e. The summed E-state index contributed by atoms with van der Waals surface area (Å²) < 4.78 is 0. The second-order valence-electron chi connectivity index (χ2n) is 4.47. The van der Waals surface area contributed by atoms with Crippen LogP contribution in [0.5, 0.6) is 0 Å². The molecular formula is C10H21N3O. The van der Waals surface area contributed by atoms with E-state index >= 15 is 0 Å². The third kappa shape index (κ3) is 2.69. The van der Waals surface area contributed by atoms with E-state index in [9.17, 15) is 4.79 Å². The normalized spacial score (nSPS) is 21.1. The molecule has 1 aliphatic rings. The zero-order chi connectivity index (χ0) is 10.6. The average molecular weight is 199 g/mol. The van der Waals surface area contributed by atoms with E-state index in [-0.39, 0.29) is 5.91 Å². The number of piperidine rings is 1. The molecule has 1 amide bonds. The fraction of sp³-hybridized carbons (Fsp3) is 0.900. The Morgan fingerprint density at radius 1 is 1.50 bits per heavy atom. The van der Waals surface area contributed by atoms with E-state index in [1.165, 1.54) is 0 Å². The van der Waals surface area contributed by atoms with Gasteiger partial charge in [-0.2, -0.15) is 0 Å². The first-order chi connectivity index (χ1) is 6.57. The van der Waals surface area contributed by atoms with Crippen LogP contribution in [-0.4, -0.2) is 31.1 Å². The molecule has 1 fully saturated rings. The van der Waals surface area contributed by atoms with Crippen molar-refractivity contribution in [3.8, 4) is 0 Å². The van der Waals surface area contributed by atoms with Crippen LogP contribution < -0.4 is 16.4 Å². The maximum absolute atomic E-state index is 11.4. The lowest BCUT2D eigenvalue weighted by molar-refractivity contribution is -0.125. The minimum Gasteiger partial charge on any atom is -0.368 e. The SMILES string of the molecule is CC(C)CNC1(C(N)=O)CCNCC1. The molecule has 0 radical (unpaired) electrons. The summed E-state index contributed by atoms with van der Waals surface area (Å²) >= 11 is 0. The first-order valence-electron chi connectivity index (χ1n) is 5.32. The van der Waals surface area contributed by atoms with Crippen molar-refractivity contribution in [2.75, 3.05) is 19.6 Å². The largest absolute Gasteiger partial charge is 0.368 e. The van der Waals surface area contributed by atoms with Gasteiger partial charge in [0.15, 0.2) is 0 Å². The molecule has 4 heteroatoms. The molecule has 0 spiro atoms. The molecule has 4 N–H and O–H groups in total. The fourth-order valence-corrected chi connectivity index (χ4v) is 1.76. The van der Waals surface area contributed by atoms with Gasteiger partial charge in [0.2, 0.25) is 5.91 Å². The van der Waals surface area contributed by atoms with Crippen molar-refractivity contribution in [1.29, 1.82) is 0 Å². The summed E-state index contributed by atoms with van der Waals surface area (Å²) in [6, 6.07) is 0. The van der Waals surface area contributed by atoms with E-state index in [0.29, 0.717) is 5.92 Å². The Hall–Kier alpha value is -0.610. The van der Waals surface area contributed by atoms with Gasteiger partial charge in [-0.25, -0.2) is 0 Å². The number of carbonyl (C=O) groups is 1. The number of hydrogen-bond acceptors (Lipinski definition) is 3. The van der Waals surface area contributed by atoms with Crippen molar-refractivity contribution in [3.63, 3.8) is 0 Å². The number of nitrogens with one attached hydrogen (secondary N) is 2. The van der Waals surface area contributed by atoms with Gasteiger partial charge >= 0.3 is 0 Å². The molecule has 0 unspecified atom stereocenters. The lowest BCUT2D eigenvalue weighted by Crippen LogP contribution is -2.60. The molecule has 14 heavy (non-hydrogen) atoms. The fourth-order valence-electron chi connectivity index (χ4n) is 1.76.